The van der Waals surface area contributed by atoms with Crippen LogP contribution >= 0.6 is 23.2 Å². The van der Waals surface area contributed by atoms with Gasteiger partial charge in [-0.05, 0) is 85.8 Å². The Hall–Kier alpha value is -1.18. The van der Waals surface area contributed by atoms with Crippen molar-refractivity contribution < 1.29 is 4.42 Å². The lowest BCUT2D eigenvalue weighted by Gasteiger charge is -2.09. The lowest BCUT2D eigenvalue weighted by atomic mass is 9.96. The third-order valence-electron chi connectivity index (χ3n) is 5.65. The highest BCUT2D eigenvalue weighted by molar-refractivity contribution is 6.18. The molecule has 0 fully saturated rings. The van der Waals surface area contributed by atoms with E-state index in [1.165, 1.54) is 34.7 Å². The van der Waals surface area contributed by atoms with Crippen molar-refractivity contribution in [3.63, 3.8) is 0 Å². The highest BCUT2D eigenvalue weighted by Crippen LogP contribution is 2.31. The average molecular weight is 405 g/mol. The van der Waals surface area contributed by atoms with Gasteiger partial charge in [-0.25, -0.2) is 0 Å². The van der Waals surface area contributed by atoms with Gasteiger partial charge in [0.1, 0.15) is 11.2 Å². The molecule has 146 valence electrons. The molecule has 3 heteroatoms. The molecule has 1 aromatic heterocycles. The minimum absolute atomic E-state index is 0.667. The van der Waals surface area contributed by atoms with Gasteiger partial charge < -0.3 is 4.42 Å². The van der Waals surface area contributed by atoms with E-state index in [0.717, 1.165) is 48.6 Å². The number of hydrogen-bond donors (Lipinski definition) is 0. The molecule has 2 atom stereocenters. The summed E-state index contributed by atoms with van der Waals surface area (Å²) in [5.41, 5.74) is 4.73. The molecule has 2 unspecified atom stereocenters. The van der Waals surface area contributed by atoms with Crippen molar-refractivity contribution in [3.05, 3.63) is 47.5 Å². The van der Waals surface area contributed by atoms with Crippen molar-refractivity contribution in [2.24, 2.45) is 11.8 Å². The van der Waals surface area contributed by atoms with Gasteiger partial charge in [0.2, 0.25) is 0 Å². The highest BCUT2D eigenvalue weighted by atomic mass is 35.5. The van der Waals surface area contributed by atoms with Crippen molar-refractivity contribution in [3.8, 4) is 0 Å². The summed E-state index contributed by atoms with van der Waals surface area (Å²) in [4.78, 5) is 0. The normalized spacial score (nSPS) is 14.1. The van der Waals surface area contributed by atoms with Crippen LogP contribution < -0.4 is 0 Å². The number of aryl methyl sites for hydroxylation is 2. The Bertz CT molecular complexity index is 797. The maximum atomic E-state index is 6.06. The predicted octanol–water partition coefficient (Wildman–Crippen LogP) is 7.98. The number of fused-ring (bicyclic) bond motifs is 3. The molecule has 0 bridgehead atoms. The second-order valence-electron chi connectivity index (χ2n) is 8.01. The summed E-state index contributed by atoms with van der Waals surface area (Å²) in [6.45, 7) is 4.57. The van der Waals surface area contributed by atoms with Crippen LogP contribution in [0.25, 0.3) is 21.9 Å². The molecule has 3 aromatic rings. The number of furan rings is 1. The summed E-state index contributed by atoms with van der Waals surface area (Å²) in [5.74, 6) is 2.83. The van der Waals surface area contributed by atoms with Crippen molar-refractivity contribution >= 4 is 45.1 Å². The van der Waals surface area contributed by atoms with Crippen molar-refractivity contribution in [2.45, 2.75) is 52.4 Å². The van der Waals surface area contributed by atoms with Gasteiger partial charge in [0.25, 0.3) is 0 Å². The molecular weight excluding hydrogens is 375 g/mol. The summed E-state index contributed by atoms with van der Waals surface area (Å²) >= 11 is 11.7. The molecule has 0 aliphatic heterocycles. The Labute approximate surface area is 173 Å². The van der Waals surface area contributed by atoms with Gasteiger partial charge in [0.05, 0.1) is 0 Å². The van der Waals surface area contributed by atoms with Crippen LogP contribution in [0.15, 0.2) is 40.8 Å². The number of benzene rings is 2. The molecular formula is C24H30Cl2O. The Morgan fingerprint density at radius 2 is 1.15 bits per heavy atom. The summed E-state index contributed by atoms with van der Waals surface area (Å²) in [6, 6.07) is 13.3. The first kappa shape index (κ1) is 20.6. The SMILES string of the molecule is CC(CCCl)CCc1ccc2oc3ccc(CCC(C)CCCl)cc3c2c1. The molecule has 0 amide bonds. The lowest BCUT2D eigenvalue weighted by Crippen LogP contribution is -1.98. The summed E-state index contributed by atoms with van der Waals surface area (Å²) in [6.07, 6.45) is 6.72. The van der Waals surface area contributed by atoms with Crippen LogP contribution in [0.5, 0.6) is 0 Å². The van der Waals surface area contributed by atoms with Gasteiger partial charge >= 0.3 is 0 Å². The second kappa shape index (κ2) is 9.85. The van der Waals surface area contributed by atoms with E-state index < -0.39 is 0 Å². The van der Waals surface area contributed by atoms with Gasteiger partial charge in [-0.2, -0.15) is 0 Å². The first-order valence-corrected chi connectivity index (χ1v) is 11.2. The molecule has 3 rings (SSSR count). The molecule has 0 aliphatic carbocycles. The molecule has 0 saturated carbocycles. The molecule has 0 spiro atoms. The van der Waals surface area contributed by atoms with E-state index >= 15 is 0 Å². The molecule has 0 N–H and O–H groups in total. The minimum Gasteiger partial charge on any atom is -0.456 e. The fourth-order valence-electron chi connectivity index (χ4n) is 3.67. The van der Waals surface area contributed by atoms with E-state index in [1.807, 2.05) is 0 Å². The third kappa shape index (κ3) is 5.42. The van der Waals surface area contributed by atoms with E-state index in [9.17, 15) is 0 Å². The van der Waals surface area contributed by atoms with Gasteiger partial charge in [0.15, 0.2) is 0 Å². The van der Waals surface area contributed by atoms with Crippen LogP contribution in [0.3, 0.4) is 0 Å². The van der Waals surface area contributed by atoms with Crippen molar-refractivity contribution in [2.75, 3.05) is 11.8 Å². The maximum Gasteiger partial charge on any atom is 0.135 e. The number of hydrogen-bond acceptors (Lipinski definition) is 1. The van der Waals surface area contributed by atoms with Crippen LogP contribution in [-0.2, 0) is 12.8 Å². The van der Waals surface area contributed by atoms with Crippen LogP contribution in [0, 0.1) is 11.8 Å². The molecule has 0 aliphatic rings. The zero-order valence-corrected chi connectivity index (χ0v) is 18.0. The summed E-state index contributed by atoms with van der Waals surface area (Å²) in [7, 11) is 0. The fraction of sp³-hybridized carbons (Fsp3) is 0.500. The van der Waals surface area contributed by atoms with E-state index in [-0.39, 0.29) is 0 Å². The highest BCUT2D eigenvalue weighted by Gasteiger charge is 2.10. The van der Waals surface area contributed by atoms with E-state index in [2.05, 4.69) is 50.2 Å². The summed E-state index contributed by atoms with van der Waals surface area (Å²) in [5, 5.41) is 2.48. The summed E-state index contributed by atoms with van der Waals surface area (Å²) < 4.78 is 6.06. The Morgan fingerprint density at radius 1 is 0.704 bits per heavy atom. The maximum absolute atomic E-state index is 6.06. The van der Waals surface area contributed by atoms with Crippen LogP contribution in [0.4, 0.5) is 0 Å². The van der Waals surface area contributed by atoms with E-state index in [4.69, 9.17) is 27.6 Å². The molecule has 1 heterocycles. The van der Waals surface area contributed by atoms with Crippen LogP contribution in [0.2, 0.25) is 0 Å². The number of alkyl halides is 2. The molecule has 0 saturated heterocycles. The number of halogens is 2. The monoisotopic (exact) mass is 404 g/mol. The molecule has 1 nitrogen and oxygen atoms in total. The van der Waals surface area contributed by atoms with Crippen molar-refractivity contribution in [1.82, 2.24) is 0 Å². The van der Waals surface area contributed by atoms with Crippen LogP contribution in [-0.4, -0.2) is 11.8 Å². The first-order chi connectivity index (χ1) is 13.1. The zero-order valence-electron chi connectivity index (χ0n) is 16.4. The largest absolute Gasteiger partial charge is 0.456 e. The van der Waals surface area contributed by atoms with Gasteiger partial charge in [-0.15, -0.1) is 23.2 Å². The smallest absolute Gasteiger partial charge is 0.135 e. The standard InChI is InChI=1S/C24H30Cl2O/c1-17(11-13-25)3-5-19-7-9-23-21(15-19)22-16-20(8-10-24(22)27-23)6-4-18(2)12-14-26/h7-10,15-18H,3-6,11-14H2,1-2H3. The van der Waals surface area contributed by atoms with Crippen LogP contribution in [0.1, 0.15) is 50.7 Å². The molecule has 27 heavy (non-hydrogen) atoms. The molecule has 2 aromatic carbocycles. The Kier molecular flexibility index (Phi) is 7.49. The predicted molar refractivity (Wildman–Crippen MR) is 119 cm³/mol. The topological polar surface area (TPSA) is 13.1 Å². The van der Waals surface area contributed by atoms with Crippen molar-refractivity contribution in [1.29, 1.82) is 0 Å². The van der Waals surface area contributed by atoms with E-state index in [1.54, 1.807) is 0 Å². The van der Waals surface area contributed by atoms with Gasteiger partial charge in [0, 0.05) is 22.5 Å². The Balaban J connectivity index is 1.79. The van der Waals surface area contributed by atoms with Gasteiger partial charge in [-0.1, -0.05) is 26.0 Å². The Morgan fingerprint density at radius 3 is 1.56 bits per heavy atom. The average Bonchev–Trinajstić information content (AvgIpc) is 3.02. The molecule has 0 radical (unpaired) electrons. The minimum atomic E-state index is 0.667. The number of rotatable bonds is 10. The fourth-order valence-corrected chi connectivity index (χ4v) is 4.42. The quantitative estimate of drug-likeness (QED) is 0.312. The second-order valence-corrected chi connectivity index (χ2v) is 8.76. The third-order valence-corrected chi connectivity index (χ3v) is 6.09. The van der Waals surface area contributed by atoms with Gasteiger partial charge in [-0.3, -0.25) is 0 Å². The zero-order chi connectivity index (χ0) is 19.2. The lowest BCUT2D eigenvalue weighted by molar-refractivity contribution is 0.519. The first-order valence-electron chi connectivity index (χ1n) is 10.2. The van der Waals surface area contributed by atoms with E-state index in [0.29, 0.717) is 11.8 Å².